The molecule has 0 fully saturated rings. The lowest BCUT2D eigenvalue weighted by Crippen LogP contribution is -2.09. The van der Waals surface area contributed by atoms with Crippen molar-refractivity contribution in [2.75, 3.05) is 4.90 Å². The molecule has 0 N–H and O–H groups in total. The van der Waals surface area contributed by atoms with Crippen LogP contribution in [0.5, 0.6) is 0 Å². The number of thiophene rings is 1. The van der Waals surface area contributed by atoms with E-state index in [1.165, 1.54) is 64.3 Å². The van der Waals surface area contributed by atoms with Gasteiger partial charge in [0.25, 0.3) is 0 Å². The van der Waals surface area contributed by atoms with Gasteiger partial charge in [-0.1, -0.05) is 146 Å². The number of para-hydroxylation sites is 1. The molecule has 12 rings (SSSR count). The molecule has 0 saturated heterocycles. The van der Waals surface area contributed by atoms with Crippen LogP contribution in [0.2, 0.25) is 0 Å². The Morgan fingerprint density at radius 2 is 0.754 bits per heavy atom. The number of furan rings is 1. The van der Waals surface area contributed by atoms with Gasteiger partial charge in [-0.2, -0.15) is 0 Å². The number of anilines is 3. The summed E-state index contributed by atoms with van der Waals surface area (Å²) in [6.45, 7) is 0. The summed E-state index contributed by atoms with van der Waals surface area (Å²) in [5.74, 6) is 0. The Bertz CT molecular complexity index is 3420. The fraction of sp³-hybridized carbons (Fsp3) is 0. The minimum atomic E-state index is 0.902. The van der Waals surface area contributed by atoms with Gasteiger partial charge in [0, 0.05) is 48.0 Å². The second-order valence-electron chi connectivity index (χ2n) is 15.7. The summed E-state index contributed by atoms with van der Waals surface area (Å²) in [6.07, 6.45) is 0. The molecule has 0 atom stereocenters. The lowest BCUT2D eigenvalue weighted by molar-refractivity contribution is 0.669. The summed E-state index contributed by atoms with van der Waals surface area (Å²) in [4.78, 5) is 2.35. The van der Waals surface area contributed by atoms with E-state index in [-0.39, 0.29) is 0 Å². The molecule has 10 aromatic carbocycles. The molecular formula is C58H37NOS. The fourth-order valence-electron chi connectivity index (χ4n) is 8.91. The molecule has 2 nitrogen and oxygen atoms in total. The van der Waals surface area contributed by atoms with Crippen LogP contribution in [0.25, 0.3) is 97.4 Å². The van der Waals surface area contributed by atoms with Crippen molar-refractivity contribution in [2.24, 2.45) is 0 Å². The quantitative estimate of drug-likeness (QED) is 0.160. The van der Waals surface area contributed by atoms with Crippen LogP contribution in [0.1, 0.15) is 0 Å². The van der Waals surface area contributed by atoms with Gasteiger partial charge in [-0.15, -0.1) is 11.3 Å². The summed E-state index contributed by atoms with van der Waals surface area (Å²) < 4.78 is 8.88. The van der Waals surface area contributed by atoms with Crippen LogP contribution in [0.15, 0.2) is 229 Å². The molecule has 286 valence electrons. The third-order valence-corrected chi connectivity index (χ3v) is 13.2. The van der Waals surface area contributed by atoms with Crippen molar-refractivity contribution >= 4 is 81.3 Å². The van der Waals surface area contributed by atoms with Crippen LogP contribution < -0.4 is 4.90 Å². The zero-order valence-corrected chi connectivity index (χ0v) is 33.9. The summed E-state index contributed by atoms with van der Waals surface area (Å²) in [6, 6.07) is 81.3. The number of nitrogens with zero attached hydrogens (tertiary/aromatic N) is 1. The molecule has 0 amide bonds. The first-order valence-corrected chi connectivity index (χ1v) is 21.5. The van der Waals surface area contributed by atoms with E-state index in [0.717, 1.165) is 50.1 Å². The Kier molecular flexibility index (Phi) is 8.39. The molecule has 2 aromatic heterocycles. The van der Waals surface area contributed by atoms with Gasteiger partial charge in [0.1, 0.15) is 11.2 Å². The van der Waals surface area contributed by atoms with E-state index in [4.69, 9.17) is 4.42 Å². The average Bonchev–Trinajstić information content (AvgIpc) is 3.90. The number of fused-ring (bicyclic) bond motifs is 7. The summed E-state index contributed by atoms with van der Waals surface area (Å²) >= 11 is 1.86. The highest BCUT2D eigenvalue weighted by molar-refractivity contribution is 7.25. The summed E-state index contributed by atoms with van der Waals surface area (Å²) in [5.41, 5.74) is 14.5. The van der Waals surface area contributed by atoms with Crippen LogP contribution >= 0.6 is 11.3 Å². The molecule has 0 spiro atoms. The molecule has 61 heavy (non-hydrogen) atoms. The zero-order chi connectivity index (χ0) is 40.3. The fourth-order valence-corrected chi connectivity index (χ4v) is 10.1. The Morgan fingerprint density at radius 1 is 0.279 bits per heavy atom. The lowest BCUT2D eigenvalue weighted by Gasteiger charge is -2.26. The molecule has 0 aliphatic heterocycles. The predicted molar refractivity (Wildman–Crippen MR) is 261 cm³/mol. The molecule has 0 bridgehead atoms. The molecule has 3 heteroatoms. The van der Waals surface area contributed by atoms with Gasteiger partial charge in [0.2, 0.25) is 0 Å². The van der Waals surface area contributed by atoms with E-state index < -0.39 is 0 Å². The highest BCUT2D eigenvalue weighted by Crippen LogP contribution is 2.41. The van der Waals surface area contributed by atoms with Gasteiger partial charge in [0.15, 0.2) is 0 Å². The second kappa shape index (κ2) is 14.5. The smallest absolute Gasteiger partial charge is 0.136 e. The van der Waals surface area contributed by atoms with Crippen LogP contribution in [0, 0.1) is 0 Å². The first kappa shape index (κ1) is 35.2. The number of hydrogen-bond donors (Lipinski definition) is 0. The molecule has 0 saturated carbocycles. The van der Waals surface area contributed by atoms with E-state index in [1.54, 1.807) is 0 Å². The second-order valence-corrected chi connectivity index (χ2v) is 16.8. The van der Waals surface area contributed by atoms with Crippen LogP contribution in [0.3, 0.4) is 0 Å². The van der Waals surface area contributed by atoms with Crippen molar-refractivity contribution in [3.63, 3.8) is 0 Å². The number of rotatable bonds is 7. The molecular weight excluding hydrogens is 759 g/mol. The van der Waals surface area contributed by atoms with Gasteiger partial charge in [-0.05, 0) is 134 Å². The number of benzene rings is 10. The van der Waals surface area contributed by atoms with Crippen molar-refractivity contribution in [2.45, 2.75) is 0 Å². The minimum Gasteiger partial charge on any atom is -0.456 e. The molecule has 0 aliphatic carbocycles. The molecule has 0 unspecified atom stereocenters. The predicted octanol–water partition coefficient (Wildman–Crippen LogP) is 17.2. The van der Waals surface area contributed by atoms with Gasteiger partial charge in [-0.3, -0.25) is 0 Å². The van der Waals surface area contributed by atoms with Crippen LogP contribution in [-0.4, -0.2) is 0 Å². The largest absolute Gasteiger partial charge is 0.456 e. The Hall–Kier alpha value is -7.72. The normalized spacial score (nSPS) is 11.6. The maximum Gasteiger partial charge on any atom is 0.136 e. The van der Waals surface area contributed by atoms with Gasteiger partial charge >= 0.3 is 0 Å². The first-order valence-electron chi connectivity index (χ1n) is 20.7. The third kappa shape index (κ3) is 6.35. The monoisotopic (exact) mass is 795 g/mol. The Labute approximate surface area is 357 Å². The molecule has 0 aliphatic rings. The molecule has 2 heterocycles. The highest BCUT2D eigenvalue weighted by Gasteiger charge is 2.16. The van der Waals surface area contributed by atoms with Gasteiger partial charge < -0.3 is 9.32 Å². The topological polar surface area (TPSA) is 16.4 Å². The first-order chi connectivity index (χ1) is 30.2. The Balaban J connectivity index is 0.896. The van der Waals surface area contributed by atoms with Crippen molar-refractivity contribution in [1.82, 2.24) is 0 Å². The lowest BCUT2D eigenvalue weighted by atomic mass is 9.97. The summed E-state index contributed by atoms with van der Waals surface area (Å²) in [5, 5.41) is 7.43. The van der Waals surface area contributed by atoms with E-state index in [0.29, 0.717) is 0 Å². The average molecular weight is 796 g/mol. The van der Waals surface area contributed by atoms with Crippen molar-refractivity contribution in [3.8, 4) is 44.5 Å². The van der Waals surface area contributed by atoms with Crippen molar-refractivity contribution in [1.29, 1.82) is 0 Å². The zero-order valence-electron chi connectivity index (χ0n) is 33.1. The van der Waals surface area contributed by atoms with Gasteiger partial charge in [-0.25, -0.2) is 0 Å². The van der Waals surface area contributed by atoms with Crippen LogP contribution in [-0.2, 0) is 0 Å². The van der Waals surface area contributed by atoms with E-state index in [2.05, 4.69) is 217 Å². The SMILES string of the molecule is c1cc(-c2ccc(N(c3ccc(-c4ccc5c(c4)oc4ccccc45)cc3)c3ccc(-c4ccc5c(c4)sc4ccccc45)cc3)cc2)cc(-c2ccc3ccccc3c2)c1. The third-order valence-electron chi connectivity index (χ3n) is 12.1. The van der Waals surface area contributed by atoms with Crippen molar-refractivity contribution < 1.29 is 4.42 Å². The number of hydrogen-bond acceptors (Lipinski definition) is 3. The van der Waals surface area contributed by atoms with E-state index in [1.807, 2.05) is 23.5 Å². The maximum absolute atomic E-state index is 6.25. The maximum atomic E-state index is 6.25. The van der Waals surface area contributed by atoms with Crippen molar-refractivity contribution in [3.05, 3.63) is 224 Å². The molecule has 0 radical (unpaired) electrons. The van der Waals surface area contributed by atoms with E-state index >= 15 is 0 Å². The summed E-state index contributed by atoms with van der Waals surface area (Å²) in [7, 11) is 0. The standard InChI is InChI=1S/C58H37NOS/c1-2-9-42-35-45(17-16-38(42)8-1)44-11-7-10-43(34-44)39-18-26-48(27-19-39)59(49-28-20-40(21-29-49)46-24-32-52-51-12-3-5-14-55(51)60-56(52)36-46)50-30-22-41(23-31-50)47-25-33-54-53-13-4-6-15-57(53)61-58(54)37-47/h1-37H. The van der Waals surface area contributed by atoms with Crippen LogP contribution in [0.4, 0.5) is 17.1 Å². The van der Waals surface area contributed by atoms with Gasteiger partial charge in [0.05, 0.1) is 0 Å². The Morgan fingerprint density at radius 3 is 1.46 bits per heavy atom. The highest BCUT2D eigenvalue weighted by atomic mass is 32.1. The minimum absolute atomic E-state index is 0.902. The van der Waals surface area contributed by atoms with E-state index in [9.17, 15) is 0 Å². The molecule has 12 aromatic rings.